The fraction of sp³-hybridized carbons (Fsp3) is 0.923. The number of likely N-dealkylation sites (N-methyl/N-ethyl adjacent to an activating group) is 1. The molecule has 1 aliphatic rings. The summed E-state index contributed by atoms with van der Waals surface area (Å²) in [5, 5.41) is 10.4. The number of hydrogen-bond donors (Lipinski definition) is 1. The van der Waals surface area contributed by atoms with Crippen LogP contribution in [0.1, 0.15) is 34.1 Å². The van der Waals surface area contributed by atoms with Crippen LogP contribution in [0.4, 0.5) is 0 Å². The maximum Gasteiger partial charge on any atom is 0.323 e. The van der Waals surface area contributed by atoms with Gasteiger partial charge in [0.2, 0.25) is 0 Å². The Kier molecular flexibility index (Phi) is 4.55. The van der Waals surface area contributed by atoms with E-state index in [-0.39, 0.29) is 23.8 Å². The maximum absolute atomic E-state index is 11.9. The zero-order valence-corrected chi connectivity index (χ0v) is 11.6. The van der Waals surface area contributed by atoms with E-state index in [1.54, 1.807) is 0 Å². The van der Waals surface area contributed by atoms with Gasteiger partial charge in [-0.3, -0.25) is 9.69 Å². The predicted molar refractivity (Wildman–Crippen MR) is 66.6 cm³/mol. The summed E-state index contributed by atoms with van der Waals surface area (Å²) in [7, 11) is 1.92. The van der Waals surface area contributed by atoms with E-state index in [1.165, 1.54) is 0 Å². The Labute approximate surface area is 104 Å². The summed E-state index contributed by atoms with van der Waals surface area (Å²) in [6, 6.07) is -0.224. The molecule has 0 aromatic carbocycles. The third kappa shape index (κ3) is 2.80. The molecular formula is C13H25NO3. The second-order valence-corrected chi connectivity index (χ2v) is 5.31. The first-order chi connectivity index (χ1) is 7.85. The monoisotopic (exact) mass is 243 g/mol. The number of likely N-dealkylation sites (tertiary alicyclic amines) is 1. The van der Waals surface area contributed by atoms with Crippen LogP contribution in [0.15, 0.2) is 0 Å². The number of carbonyl (C=O) groups excluding carboxylic acids is 1. The van der Waals surface area contributed by atoms with Gasteiger partial charge in [0.1, 0.15) is 6.04 Å². The van der Waals surface area contributed by atoms with Crippen LogP contribution in [0.25, 0.3) is 0 Å². The minimum absolute atomic E-state index is 0.118. The van der Waals surface area contributed by atoms with Gasteiger partial charge in [0.25, 0.3) is 0 Å². The first-order valence-corrected chi connectivity index (χ1v) is 6.44. The Morgan fingerprint density at radius 3 is 2.59 bits per heavy atom. The van der Waals surface area contributed by atoms with Gasteiger partial charge < -0.3 is 9.84 Å². The minimum atomic E-state index is -0.713. The third-order valence-corrected chi connectivity index (χ3v) is 4.13. The number of carbonyl (C=O) groups is 1. The molecule has 0 unspecified atom stereocenters. The van der Waals surface area contributed by atoms with Crippen molar-refractivity contribution in [1.29, 1.82) is 0 Å². The van der Waals surface area contributed by atoms with Gasteiger partial charge >= 0.3 is 5.97 Å². The molecule has 4 heteroatoms. The van der Waals surface area contributed by atoms with Crippen molar-refractivity contribution in [1.82, 2.24) is 4.90 Å². The van der Waals surface area contributed by atoms with Crippen molar-refractivity contribution < 1.29 is 14.6 Å². The molecule has 0 saturated carbocycles. The molecule has 1 aliphatic heterocycles. The van der Waals surface area contributed by atoms with Crippen LogP contribution in [0, 0.1) is 11.8 Å². The molecule has 0 radical (unpaired) electrons. The Morgan fingerprint density at radius 2 is 2.12 bits per heavy atom. The third-order valence-electron chi connectivity index (χ3n) is 4.13. The van der Waals surface area contributed by atoms with E-state index in [0.717, 1.165) is 6.54 Å². The molecule has 4 atom stereocenters. The van der Waals surface area contributed by atoms with Crippen molar-refractivity contribution in [3.63, 3.8) is 0 Å². The van der Waals surface area contributed by atoms with Crippen molar-refractivity contribution in [2.24, 2.45) is 11.8 Å². The molecule has 0 aromatic rings. The van der Waals surface area contributed by atoms with Gasteiger partial charge in [0, 0.05) is 12.5 Å². The van der Waals surface area contributed by atoms with Crippen LogP contribution < -0.4 is 0 Å². The SMILES string of the molecule is CCOC(=O)[C@@H]1[C@@H](C)[C@@H]([C@](C)(O)CC)CN1C. The zero-order chi connectivity index (χ0) is 13.2. The Hall–Kier alpha value is -0.610. The summed E-state index contributed by atoms with van der Waals surface area (Å²) >= 11 is 0. The van der Waals surface area contributed by atoms with E-state index >= 15 is 0 Å². The number of nitrogens with zero attached hydrogens (tertiary/aromatic N) is 1. The molecule has 0 aliphatic carbocycles. The van der Waals surface area contributed by atoms with Crippen molar-refractivity contribution in [3.8, 4) is 0 Å². The van der Waals surface area contributed by atoms with Gasteiger partial charge in [-0.05, 0) is 33.2 Å². The summed E-state index contributed by atoms with van der Waals surface area (Å²) < 4.78 is 5.10. The van der Waals surface area contributed by atoms with Crippen LogP contribution in [-0.4, -0.2) is 47.8 Å². The minimum Gasteiger partial charge on any atom is -0.465 e. The molecule has 1 heterocycles. The molecule has 0 amide bonds. The summed E-state index contributed by atoms with van der Waals surface area (Å²) in [4.78, 5) is 13.9. The van der Waals surface area contributed by atoms with Crippen molar-refractivity contribution in [3.05, 3.63) is 0 Å². The quantitative estimate of drug-likeness (QED) is 0.756. The highest BCUT2D eigenvalue weighted by molar-refractivity contribution is 5.76. The number of ether oxygens (including phenoxy) is 1. The molecule has 0 aromatic heterocycles. The lowest BCUT2D eigenvalue weighted by atomic mass is 9.78. The lowest BCUT2D eigenvalue weighted by molar-refractivity contribution is -0.149. The number of rotatable bonds is 4. The van der Waals surface area contributed by atoms with Gasteiger partial charge in [0.05, 0.1) is 12.2 Å². The summed E-state index contributed by atoms with van der Waals surface area (Å²) in [5.41, 5.74) is -0.713. The highest BCUT2D eigenvalue weighted by Crippen LogP contribution is 2.37. The topological polar surface area (TPSA) is 49.8 Å². The molecule has 0 bridgehead atoms. The zero-order valence-electron chi connectivity index (χ0n) is 11.6. The van der Waals surface area contributed by atoms with Crippen molar-refractivity contribution in [2.45, 2.75) is 45.8 Å². The lowest BCUT2D eigenvalue weighted by Gasteiger charge is -2.32. The largest absolute Gasteiger partial charge is 0.465 e. The highest BCUT2D eigenvalue weighted by Gasteiger charge is 2.48. The Morgan fingerprint density at radius 1 is 1.53 bits per heavy atom. The fourth-order valence-electron chi connectivity index (χ4n) is 2.86. The van der Waals surface area contributed by atoms with Crippen LogP contribution in [0.3, 0.4) is 0 Å². The first kappa shape index (κ1) is 14.5. The summed E-state index contributed by atoms with van der Waals surface area (Å²) in [6.45, 7) is 8.83. The van der Waals surface area contributed by atoms with E-state index in [9.17, 15) is 9.90 Å². The molecule has 17 heavy (non-hydrogen) atoms. The van der Waals surface area contributed by atoms with E-state index in [1.807, 2.05) is 39.6 Å². The van der Waals surface area contributed by atoms with E-state index in [4.69, 9.17) is 4.74 Å². The van der Waals surface area contributed by atoms with Gasteiger partial charge in [-0.1, -0.05) is 13.8 Å². The number of aliphatic hydroxyl groups is 1. The second kappa shape index (κ2) is 5.36. The van der Waals surface area contributed by atoms with Crippen LogP contribution in [0.5, 0.6) is 0 Å². The Bertz CT molecular complexity index is 278. The van der Waals surface area contributed by atoms with Gasteiger partial charge in [-0.25, -0.2) is 0 Å². The average molecular weight is 243 g/mol. The maximum atomic E-state index is 11.9. The average Bonchev–Trinajstić information content (AvgIpc) is 2.55. The summed E-state index contributed by atoms with van der Waals surface area (Å²) in [6.07, 6.45) is 0.700. The predicted octanol–water partition coefficient (Wildman–Crippen LogP) is 1.28. The second-order valence-electron chi connectivity index (χ2n) is 5.31. The first-order valence-electron chi connectivity index (χ1n) is 6.44. The van der Waals surface area contributed by atoms with E-state index in [2.05, 4.69) is 0 Å². The smallest absolute Gasteiger partial charge is 0.323 e. The van der Waals surface area contributed by atoms with Crippen LogP contribution in [-0.2, 0) is 9.53 Å². The fourth-order valence-corrected chi connectivity index (χ4v) is 2.86. The Balaban J connectivity index is 2.81. The number of esters is 1. The molecule has 4 nitrogen and oxygen atoms in total. The van der Waals surface area contributed by atoms with Crippen molar-refractivity contribution >= 4 is 5.97 Å². The van der Waals surface area contributed by atoms with Crippen LogP contribution >= 0.6 is 0 Å². The van der Waals surface area contributed by atoms with Gasteiger partial charge in [-0.2, -0.15) is 0 Å². The standard InChI is InChI=1S/C13H25NO3/c1-6-13(4,16)10-8-14(5)11(9(10)3)12(15)17-7-2/h9-11,16H,6-8H2,1-5H3/t9-,10-,11-,13+/m0/s1. The molecule has 100 valence electrons. The molecule has 1 saturated heterocycles. The van der Waals surface area contributed by atoms with Crippen LogP contribution in [0.2, 0.25) is 0 Å². The highest BCUT2D eigenvalue weighted by atomic mass is 16.5. The van der Waals surface area contributed by atoms with Crippen molar-refractivity contribution in [2.75, 3.05) is 20.2 Å². The van der Waals surface area contributed by atoms with Gasteiger partial charge in [0.15, 0.2) is 0 Å². The van der Waals surface area contributed by atoms with Gasteiger partial charge in [-0.15, -0.1) is 0 Å². The van der Waals surface area contributed by atoms with E-state index < -0.39 is 5.60 Å². The molecular weight excluding hydrogens is 218 g/mol. The van der Waals surface area contributed by atoms with E-state index in [0.29, 0.717) is 13.0 Å². The molecule has 1 fully saturated rings. The number of hydrogen-bond acceptors (Lipinski definition) is 4. The summed E-state index contributed by atoms with van der Waals surface area (Å²) in [5.74, 6) is 0.0674. The normalized spacial score (nSPS) is 33.4. The molecule has 1 rings (SSSR count). The molecule has 0 spiro atoms. The molecule has 1 N–H and O–H groups in total. The lowest BCUT2D eigenvalue weighted by Crippen LogP contribution is -2.40.